The van der Waals surface area contributed by atoms with Gasteiger partial charge in [0.05, 0.1) is 6.10 Å². The minimum Gasteiger partial charge on any atom is -0.382 e. The van der Waals surface area contributed by atoms with E-state index in [1.165, 1.54) is 6.07 Å². The van der Waals surface area contributed by atoms with Gasteiger partial charge < -0.3 is 10.1 Å². The monoisotopic (exact) mass is 287 g/mol. The van der Waals surface area contributed by atoms with Crippen molar-refractivity contribution in [2.75, 3.05) is 13.7 Å². The number of hydrogen-bond acceptors (Lipinski definition) is 2. The fraction of sp³-hybridized carbons (Fsp3) is 0.600. The molecule has 0 aromatic heterocycles. The maximum atomic E-state index is 14.0. The number of methoxy groups -OCH3 is 1. The largest absolute Gasteiger partial charge is 0.382 e. The topological polar surface area (TPSA) is 21.3 Å². The zero-order valence-electron chi connectivity index (χ0n) is 11.9. The van der Waals surface area contributed by atoms with E-state index in [2.05, 4.69) is 12.2 Å². The second kappa shape index (κ2) is 8.51. The molecule has 0 heterocycles. The van der Waals surface area contributed by atoms with E-state index >= 15 is 0 Å². The molecule has 0 aliphatic carbocycles. The summed E-state index contributed by atoms with van der Waals surface area (Å²) in [6.45, 7) is 4.99. The van der Waals surface area contributed by atoms with Gasteiger partial charge in [0.2, 0.25) is 0 Å². The van der Waals surface area contributed by atoms with Crippen LogP contribution in [0.5, 0.6) is 0 Å². The third kappa shape index (κ3) is 5.47. The van der Waals surface area contributed by atoms with Crippen molar-refractivity contribution in [1.82, 2.24) is 5.32 Å². The van der Waals surface area contributed by atoms with E-state index in [0.717, 1.165) is 25.8 Å². The number of ether oxygens (including phenoxy) is 1. The van der Waals surface area contributed by atoms with Crippen LogP contribution < -0.4 is 5.32 Å². The zero-order chi connectivity index (χ0) is 14.3. The molecule has 108 valence electrons. The Labute approximate surface area is 120 Å². The SMILES string of the molecule is CCCNC(CCC(C)OC)c1ccc(Cl)cc1F. The van der Waals surface area contributed by atoms with Crippen LogP contribution in [0.4, 0.5) is 4.39 Å². The highest BCUT2D eigenvalue weighted by molar-refractivity contribution is 6.30. The van der Waals surface area contributed by atoms with Crippen LogP contribution in [0.3, 0.4) is 0 Å². The van der Waals surface area contributed by atoms with Gasteiger partial charge in [-0.2, -0.15) is 0 Å². The molecule has 0 bridgehead atoms. The molecule has 0 radical (unpaired) electrons. The van der Waals surface area contributed by atoms with Gasteiger partial charge in [0.1, 0.15) is 5.82 Å². The smallest absolute Gasteiger partial charge is 0.129 e. The van der Waals surface area contributed by atoms with Crippen molar-refractivity contribution in [2.45, 2.75) is 45.3 Å². The van der Waals surface area contributed by atoms with Gasteiger partial charge in [-0.05, 0) is 44.9 Å². The molecule has 1 rings (SSSR count). The quantitative estimate of drug-likeness (QED) is 0.768. The average molecular weight is 288 g/mol. The highest BCUT2D eigenvalue weighted by Crippen LogP contribution is 2.25. The summed E-state index contributed by atoms with van der Waals surface area (Å²) in [6.07, 6.45) is 2.93. The predicted octanol–water partition coefficient (Wildman–Crippen LogP) is 4.33. The summed E-state index contributed by atoms with van der Waals surface area (Å²) in [4.78, 5) is 0. The molecular weight excluding hydrogens is 265 g/mol. The fourth-order valence-electron chi connectivity index (χ4n) is 1.99. The molecule has 0 aliphatic heterocycles. The molecule has 1 aromatic carbocycles. The second-order valence-electron chi connectivity index (χ2n) is 4.80. The van der Waals surface area contributed by atoms with Crippen LogP contribution in [0, 0.1) is 5.82 Å². The van der Waals surface area contributed by atoms with E-state index in [9.17, 15) is 4.39 Å². The number of halogens is 2. The third-order valence-electron chi connectivity index (χ3n) is 3.24. The predicted molar refractivity (Wildman–Crippen MR) is 78.1 cm³/mol. The maximum absolute atomic E-state index is 14.0. The van der Waals surface area contributed by atoms with Gasteiger partial charge in [-0.25, -0.2) is 4.39 Å². The molecule has 0 spiro atoms. The Morgan fingerprint density at radius 1 is 1.37 bits per heavy atom. The van der Waals surface area contributed by atoms with Gasteiger partial charge in [0.25, 0.3) is 0 Å². The van der Waals surface area contributed by atoms with Gasteiger partial charge in [-0.3, -0.25) is 0 Å². The van der Waals surface area contributed by atoms with Crippen LogP contribution in [0.2, 0.25) is 5.02 Å². The van der Waals surface area contributed by atoms with Gasteiger partial charge in [-0.15, -0.1) is 0 Å². The summed E-state index contributed by atoms with van der Waals surface area (Å²) < 4.78 is 19.2. The van der Waals surface area contributed by atoms with Crippen molar-refractivity contribution in [2.24, 2.45) is 0 Å². The van der Waals surface area contributed by atoms with Crippen molar-refractivity contribution in [3.05, 3.63) is 34.6 Å². The van der Waals surface area contributed by atoms with Crippen LogP contribution in [0.25, 0.3) is 0 Å². The lowest BCUT2D eigenvalue weighted by molar-refractivity contribution is 0.106. The number of rotatable bonds is 8. The molecule has 1 N–H and O–H groups in total. The highest BCUT2D eigenvalue weighted by atomic mass is 35.5. The zero-order valence-corrected chi connectivity index (χ0v) is 12.6. The Morgan fingerprint density at radius 3 is 2.68 bits per heavy atom. The molecule has 4 heteroatoms. The first-order chi connectivity index (χ1) is 9.08. The summed E-state index contributed by atoms with van der Waals surface area (Å²) in [5.74, 6) is -0.244. The number of nitrogens with one attached hydrogen (secondary N) is 1. The van der Waals surface area contributed by atoms with E-state index in [1.807, 2.05) is 6.92 Å². The molecule has 0 fully saturated rings. The van der Waals surface area contributed by atoms with Crippen LogP contribution in [-0.2, 0) is 4.74 Å². The molecule has 2 unspecified atom stereocenters. The van der Waals surface area contributed by atoms with Gasteiger partial charge in [-0.1, -0.05) is 24.6 Å². The first kappa shape index (κ1) is 16.4. The third-order valence-corrected chi connectivity index (χ3v) is 3.48. The lowest BCUT2D eigenvalue weighted by atomic mass is 9.99. The Morgan fingerprint density at radius 2 is 2.11 bits per heavy atom. The summed E-state index contributed by atoms with van der Waals surface area (Å²) in [6, 6.07) is 4.88. The highest BCUT2D eigenvalue weighted by Gasteiger charge is 2.16. The molecular formula is C15H23ClFNO. The van der Waals surface area contributed by atoms with Crippen LogP contribution >= 0.6 is 11.6 Å². The lowest BCUT2D eigenvalue weighted by Crippen LogP contribution is -2.24. The van der Waals surface area contributed by atoms with E-state index in [4.69, 9.17) is 16.3 Å². The fourth-order valence-corrected chi connectivity index (χ4v) is 2.15. The summed E-state index contributed by atoms with van der Waals surface area (Å²) in [7, 11) is 1.70. The minimum atomic E-state index is -0.244. The molecule has 2 atom stereocenters. The Hall–Kier alpha value is -0.640. The van der Waals surface area contributed by atoms with E-state index < -0.39 is 0 Å². The average Bonchev–Trinajstić information content (AvgIpc) is 2.39. The Bertz CT molecular complexity index is 386. The molecule has 1 aromatic rings. The normalized spacial score (nSPS) is 14.4. The molecule has 0 saturated heterocycles. The molecule has 2 nitrogen and oxygen atoms in total. The van der Waals surface area contributed by atoms with Crippen LogP contribution in [0.15, 0.2) is 18.2 Å². The standard InChI is InChI=1S/C15H23ClFNO/c1-4-9-18-15(8-5-11(2)19-3)13-7-6-12(16)10-14(13)17/h6-7,10-11,15,18H,4-5,8-9H2,1-3H3. The van der Waals surface area contributed by atoms with Crippen molar-refractivity contribution in [1.29, 1.82) is 0 Å². The maximum Gasteiger partial charge on any atom is 0.129 e. The summed E-state index contributed by atoms with van der Waals surface area (Å²) in [5.41, 5.74) is 0.682. The van der Waals surface area contributed by atoms with E-state index in [1.54, 1.807) is 19.2 Å². The molecule has 0 saturated carbocycles. The molecule has 19 heavy (non-hydrogen) atoms. The summed E-state index contributed by atoms with van der Waals surface area (Å²) in [5, 5.41) is 3.82. The Balaban J connectivity index is 2.76. The van der Waals surface area contributed by atoms with E-state index in [-0.39, 0.29) is 18.0 Å². The molecule has 0 aliphatic rings. The second-order valence-corrected chi connectivity index (χ2v) is 5.23. The molecule has 0 amide bonds. The van der Waals surface area contributed by atoms with E-state index in [0.29, 0.717) is 10.6 Å². The first-order valence-corrected chi connectivity index (χ1v) is 7.17. The lowest BCUT2D eigenvalue weighted by Gasteiger charge is -2.21. The minimum absolute atomic E-state index is 0.00909. The summed E-state index contributed by atoms with van der Waals surface area (Å²) >= 11 is 5.80. The van der Waals surface area contributed by atoms with Crippen molar-refractivity contribution in [3.63, 3.8) is 0 Å². The first-order valence-electron chi connectivity index (χ1n) is 6.79. The number of benzene rings is 1. The van der Waals surface area contributed by atoms with Gasteiger partial charge in [0, 0.05) is 23.7 Å². The van der Waals surface area contributed by atoms with Crippen LogP contribution in [0.1, 0.15) is 44.7 Å². The Kier molecular flexibility index (Phi) is 7.36. The van der Waals surface area contributed by atoms with Crippen molar-refractivity contribution >= 4 is 11.6 Å². The van der Waals surface area contributed by atoms with Gasteiger partial charge in [0.15, 0.2) is 0 Å². The van der Waals surface area contributed by atoms with Crippen molar-refractivity contribution in [3.8, 4) is 0 Å². The number of hydrogen-bond donors (Lipinski definition) is 1. The van der Waals surface area contributed by atoms with Gasteiger partial charge >= 0.3 is 0 Å². The van der Waals surface area contributed by atoms with Crippen molar-refractivity contribution < 1.29 is 9.13 Å². The van der Waals surface area contributed by atoms with Crippen LogP contribution in [-0.4, -0.2) is 19.8 Å².